The molecule has 0 saturated carbocycles. The Balaban J connectivity index is 2.52. The zero-order chi connectivity index (χ0) is 12.8. The number of pyridine rings is 1. The van der Waals surface area contributed by atoms with E-state index in [4.69, 9.17) is 5.73 Å². The first-order chi connectivity index (χ1) is 8.00. The van der Waals surface area contributed by atoms with Crippen molar-refractivity contribution >= 4 is 11.7 Å². The minimum atomic E-state index is -0.165. The van der Waals surface area contributed by atoms with Crippen molar-refractivity contribution in [3.63, 3.8) is 0 Å². The summed E-state index contributed by atoms with van der Waals surface area (Å²) >= 11 is 0. The van der Waals surface area contributed by atoms with E-state index in [9.17, 15) is 4.79 Å². The van der Waals surface area contributed by atoms with Crippen molar-refractivity contribution in [1.82, 2.24) is 15.2 Å². The molecule has 0 bridgehead atoms. The Bertz CT molecular complexity index is 379. The molecule has 1 aromatic heterocycles. The van der Waals surface area contributed by atoms with Crippen LogP contribution in [0.1, 0.15) is 23.7 Å². The molecular formula is C12H20N4O. The van der Waals surface area contributed by atoms with E-state index < -0.39 is 0 Å². The molecule has 0 spiro atoms. The van der Waals surface area contributed by atoms with Gasteiger partial charge in [-0.05, 0) is 46.1 Å². The van der Waals surface area contributed by atoms with Crippen molar-refractivity contribution in [3.05, 3.63) is 23.9 Å². The topological polar surface area (TPSA) is 71.2 Å². The number of nitrogens with zero attached hydrogens (tertiary/aromatic N) is 2. The van der Waals surface area contributed by atoms with Crippen LogP contribution in [0.3, 0.4) is 0 Å². The number of hydrogen-bond donors (Lipinski definition) is 2. The van der Waals surface area contributed by atoms with Gasteiger partial charge in [0.15, 0.2) is 0 Å². The average molecular weight is 236 g/mol. The van der Waals surface area contributed by atoms with Gasteiger partial charge >= 0.3 is 0 Å². The van der Waals surface area contributed by atoms with Crippen LogP contribution in [0.2, 0.25) is 0 Å². The van der Waals surface area contributed by atoms with Crippen LogP contribution in [0, 0.1) is 0 Å². The number of anilines is 1. The third-order valence-electron chi connectivity index (χ3n) is 2.47. The molecule has 0 aliphatic rings. The molecule has 1 rings (SSSR count). The van der Waals surface area contributed by atoms with Gasteiger partial charge < -0.3 is 16.0 Å². The molecule has 1 heterocycles. The fraction of sp³-hybridized carbons (Fsp3) is 0.500. The number of nitrogen functional groups attached to an aromatic ring is 1. The summed E-state index contributed by atoms with van der Waals surface area (Å²) in [6.07, 6.45) is 2.47. The van der Waals surface area contributed by atoms with Gasteiger partial charge in [-0.1, -0.05) is 0 Å². The maximum absolute atomic E-state index is 11.9. The average Bonchev–Trinajstić information content (AvgIpc) is 2.26. The maximum Gasteiger partial charge on any atom is 0.255 e. The van der Waals surface area contributed by atoms with Gasteiger partial charge in [0.05, 0.1) is 5.56 Å². The molecule has 3 N–H and O–H groups in total. The van der Waals surface area contributed by atoms with Gasteiger partial charge in [0.25, 0.3) is 5.91 Å². The molecule has 0 aliphatic carbocycles. The molecule has 5 heteroatoms. The zero-order valence-electron chi connectivity index (χ0n) is 10.6. The highest BCUT2D eigenvalue weighted by atomic mass is 16.1. The minimum absolute atomic E-state index is 0.115. The Morgan fingerprint density at radius 2 is 2.29 bits per heavy atom. The van der Waals surface area contributed by atoms with E-state index in [2.05, 4.69) is 15.2 Å². The van der Waals surface area contributed by atoms with Crippen LogP contribution < -0.4 is 11.1 Å². The van der Waals surface area contributed by atoms with Crippen LogP contribution in [-0.4, -0.2) is 42.5 Å². The van der Waals surface area contributed by atoms with Crippen molar-refractivity contribution in [2.24, 2.45) is 0 Å². The van der Waals surface area contributed by atoms with E-state index in [0.29, 0.717) is 5.56 Å². The smallest absolute Gasteiger partial charge is 0.255 e. The number of carbonyl (C=O) groups is 1. The van der Waals surface area contributed by atoms with Crippen LogP contribution in [0.25, 0.3) is 0 Å². The number of carbonyl (C=O) groups excluding carboxylic acids is 1. The standard InChI is InChI=1S/C12H20N4O/c1-9(6-8-16(2)3)15-12(17)10-5-4-7-14-11(10)13/h4-5,7,9H,6,8H2,1-3H3,(H2,13,14)(H,15,17). The van der Waals surface area contributed by atoms with Gasteiger partial charge in [-0.15, -0.1) is 0 Å². The zero-order valence-corrected chi connectivity index (χ0v) is 10.6. The molecule has 1 atom stereocenters. The normalized spacial score (nSPS) is 12.5. The minimum Gasteiger partial charge on any atom is -0.383 e. The van der Waals surface area contributed by atoms with Crippen LogP contribution >= 0.6 is 0 Å². The first kappa shape index (κ1) is 13.4. The Morgan fingerprint density at radius 1 is 1.59 bits per heavy atom. The summed E-state index contributed by atoms with van der Waals surface area (Å²) in [4.78, 5) is 17.9. The third-order valence-corrected chi connectivity index (χ3v) is 2.47. The van der Waals surface area contributed by atoms with Crippen LogP contribution in [0.15, 0.2) is 18.3 Å². The van der Waals surface area contributed by atoms with Gasteiger partial charge in [-0.3, -0.25) is 4.79 Å². The Kier molecular flexibility index (Phi) is 4.90. The SMILES string of the molecule is CC(CCN(C)C)NC(=O)c1cccnc1N. The Morgan fingerprint density at radius 3 is 2.88 bits per heavy atom. The molecular weight excluding hydrogens is 216 g/mol. The first-order valence-corrected chi connectivity index (χ1v) is 5.66. The molecule has 0 saturated heterocycles. The van der Waals surface area contributed by atoms with Gasteiger partial charge in [0.2, 0.25) is 0 Å². The number of aromatic nitrogens is 1. The van der Waals surface area contributed by atoms with E-state index in [-0.39, 0.29) is 17.8 Å². The summed E-state index contributed by atoms with van der Waals surface area (Å²) in [6, 6.07) is 3.50. The van der Waals surface area contributed by atoms with Gasteiger partial charge in [0.1, 0.15) is 5.82 Å². The molecule has 0 aliphatic heterocycles. The number of nitrogens with one attached hydrogen (secondary N) is 1. The second-order valence-corrected chi connectivity index (χ2v) is 4.40. The van der Waals surface area contributed by atoms with E-state index in [0.717, 1.165) is 13.0 Å². The first-order valence-electron chi connectivity index (χ1n) is 5.66. The fourth-order valence-corrected chi connectivity index (χ4v) is 1.44. The van der Waals surface area contributed by atoms with Crippen LogP contribution in [0.5, 0.6) is 0 Å². The summed E-state index contributed by atoms with van der Waals surface area (Å²) in [5.41, 5.74) is 6.07. The quantitative estimate of drug-likeness (QED) is 0.790. The maximum atomic E-state index is 11.9. The summed E-state index contributed by atoms with van der Waals surface area (Å²) in [7, 11) is 4.02. The predicted octanol–water partition coefficient (Wildman–Crippen LogP) is 0.734. The lowest BCUT2D eigenvalue weighted by Crippen LogP contribution is -2.35. The second-order valence-electron chi connectivity index (χ2n) is 4.40. The molecule has 94 valence electrons. The van der Waals surface area contributed by atoms with Gasteiger partial charge in [0, 0.05) is 12.2 Å². The molecule has 1 aromatic rings. The highest BCUT2D eigenvalue weighted by molar-refractivity contribution is 5.98. The Hall–Kier alpha value is -1.62. The lowest BCUT2D eigenvalue weighted by Gasteiger charge is -2.17. The van der Waals surface area contributed by atoms with E-state index in [1.807, 2.05) is 21.0 Å². The van der Waals surface area contributed by atoms with Crippen molar-refractivity contribution in [2.45, 2.75) is 19.4 Å². The third kappa shape index (κ3) is 4.40. The van der Waals surface area contributed by atoms with Crippen LogP contribution in [0.4, 0.5) is 5.82 Å². The van der Waals surface area contributed by atoms with Gasteiger partial charge in [-0.2, -0.15) is 0 Å². The summed E-state index contributed by atoms with van der Waals surface area (Å²) < 4.78 is 0. The van der Waals surface area contributed by atoms with Crippen molar-refractivity contribution in [3.8, 4) is 0 Å². The van der Waals surface area contributed by atoms with Crippen molar-refractivity contribution in [2.75, 3.05) is 26.4 Å². The number of amides is 1. The fourth-order valence-electron chi connectivity index (χ4n) is 1.44. The largest absolute Gasteiger partial charge is 0.383 e. The highest BCUT2D eigenvalue weighted by Crippen LogP contribution is 2.07. The monoisotopic (exact) mass is 236 g/mol. The number of rotatable bonds is 5. The number of hydrogen-bond acceptors (Lipinski definition) is 4. The molecule has 1 amide bonds. The van der Waals surface area contributed by atoms with E-state index in [1.54, 1.807) is 18.3 Å². The van der Waals surface area contributed by atoms with Crippen molar-refractivity contribution < 1.29 is 4.79 Å². The van der Waals surface area contributed by atoms with Crippen LogP contribution in [-0.2, 0) is 0 Å². The Labute approximate surface area is 102 Å². The molecule has 0 radical (unpaired) electrons. The summed E-state index contributed by atoms with van der Waals surface area (Å²) in [6.45, 7) is 2.91. The molecule has 1 unspecified atom stereocenters. The molecule has 0 fully saturated rings. The van der Waals surface area contributed by atoms with Crippen molar-refractivity contribution in [1.29, 1.82) is 0 Å². The molecule has 17 heavy (non-hydrogen) atoms. The van der Waals surface area contributed by atoms with E-state index in [1.165, 1.54) is 0 Å². The molecule has 5 nitrogen and oxygen atoms in total. The molecule has 0 aromatic carbocycles. The highest BCUT2D eigenvalue weighted by Gasteiger charge is 2.12. The van der Waals surface area contributed by atoms with Gasteiger partial charge in [-0.25, -0.2) is 4.98 Å². The lowest BCUT2D eigenvalue weighted by atomic mass is 10.2. The summed E-state index contributed by atoms with van der Waals surface area (Å²) in [5.74, 6) is 0.103. The summed E-state index contributed by atoms with van der Waals surface area (Å²) in [5, 5.41) is 2.91. The predicted molar refractivity (Wildman–Crippen MR) is 68.7 cm³/mol. The second kappa shape index (κ2) is 6.20. The number of nitrogens with two attached hydrogens (primary N) is 1. The van der Waals surface area contributed by atoms with E-state index >= 15 is 0 Å². The lowest BCUT2D eigenvalue weighted by molar-refractivity contribution is 0.0937.